The van der Waals surface area contributed by atoms with Crippen molar-refractivity contribution in [3.8, 4) is 0 Å². The van der Waals surface area contributed by atoms with Gasteiger partial charge in [-0.25, -0.2) is 4.98 Å². The highest BCUT2D eigenvalue weighted by Gasteiger charge is 2.06. The maximum atomic E-state index is 12.0. The second-order valence-corrected chi connectivity index (χ2v) is 5.01. The van der Waals surface area contributed by atoms with E-state index in [1.54, 1.807) is 30.5 Å². The third kappa shape index (κ3) is 5.91. The van der Waals surface area contributed by atoms with Crippen molar-refractivity contribution < 1.29 is 4.79 Å². The van der Waals surface area contributed by atoms with Gasteiger partial charge in [0.05, 0.1) is 0 Å². The van der Waals surface area contributed by atoms with E-state index in [1.807, 2.05) is 12.1 Å². The third-order valence-corrected chi connectivity index (χ3v) is 3.50. The second kappa shape index (κ2) is 10.7. The molecule has 0 radical (unpaired) electrons. The van der Waals surface area contributed by atoms with Gasteiger partial charge in [0.2, 0.25) is 0 Å². The average Bonchev–Trinajstić information content (AvgIpc) is 2.55. The van der Waals surface area contributed by atoms with Gasteiger partial charge in [-0.1, -0.05) is 12.1 Å². The lowest BCUT2D eigenvalue weighted by atomic mass is 10.2. The number of hydrogen-bond donors (Lipinski definition) is 2. The summed E-state index contributed by atoms with van der Waals surface area (Å²) < 4.78 is 0. The van der Waals surface area contributed by atoms with Crippen LogP contribution in [-0.4, -0.2) is 24.0 Å². The number of carbonyl (C=O) groups is 1. The van der Waals surface area contributed by atoms with E-state index in [9.17, 15) is 4.79 Å². The van der Waals surface area contributed by atoms with Gasteiger partial charge in [0.25, 0.3) is 5.91 Å². The highest BCUT2D eigenvalue weighted by molar-refractivity contribution is 5.94. The zero-order valence-corrected chi connectivity index (χ0v) is 15.5. The number of nitrogens with zero attached hydrogens (tertiary/aromatic N) is 2. The topological polar surface area (TPSA) is 71.2 Å². The number of amides is 1. The Bertz CT molecular complexity index is 631. The molecule has 1 amide bonds. The van der Waals surface area contributed by atoms with Crippen LogP contribution in [0, 0.1) is 0 Å². The number of anilines is 2. The number of nitrogens with one attached hydrogen (secondary N) is 1. The smallest absolute Gasteiger partial charge is 0.251 e. The summed E-state index contributed by atoms with van der Waals surface area (Å²) in [6, 6.07) is 10.9. The zero-order chi connectivity index (χ0) is 15.9. The summed E-state index contributed by atoms with van der Waals surface area (Å²) >= 11 is 0. The number of nitrogens with two attached hydrogens (primary N) is 1. The molecule has 0 saturated heterocycles. The molecule has 2 rings (SSSR count). The molecule has 0 aliphatic carbocycles. The van der Waals surface area contributed by atoms with Crippen LogP contribution in [0.5, 0.6) is 0 Å². The van der Waals surface area contributed by atoms with Crippen molar-refractivity contribution in [1.82, 2.24) is 10.3 Å². The Morgan fingerprint density at radius 3 is 2.42 bits per heavy atom. The fourth-order valence-corrected chi connectivity index (χ4v) is 2.22. The normalized spacial score (nSPS) is 9.42. The molecule has 0 atom stereocenters. The molecule has 1 aromatic carbocycles. The van der Waals surface area contributed by atoms with E-state index in [0.29, 0.717) is 17.8 Å². The predicted octanol–water partition coefficient (Wildman–Crippen LogP) is 3.28. The standard InChI is InChI=1S/C17H22N4O.2ClH/c1-3-21(4-2)16-9-8-13(11-19-16)12-20-17(22)14-6-5-7-15(18)10-14;;/h5-11H,3-4,12,18H2,1-2H3,(H,20,22);2*1H. The van der Waals surface area contributed by atoms with Gasteiger partial charge in [-0.3, -0.25) is 4.79 Å². The predicted molar refractivity (Wildman–Crippen MR) is 104 cm³/mol. The van der Waals surface area contributed by atoms with Crippen molar-refractivity contribution in [3.63, 3.8) is 0 Å². The fraction of sp³-hybridized carbons (Fsp3) is 0.294. The van der Waals surface area contributed by atoms with Crippen molar-refractivity contribution >= 4 is 42.2 Å². The monoisotopic (exact) mass is 370 g/mol. The van der Waals surface area contributed by atoms with Crippen molar-refractivity contribution in [3.05, 3.63) is 53.7 Å². The van der Waals surface area contributed by atoms with Gasteiger partial charge in [-0.05, 0) is 43.7 Å². The van der Waals surface area contributed by atoms with E-state index < -0.39 is 0 Å². The van der Waals surface area contributed by atoms with Gasteiger partial charge < -0.3 is 16.0 Å². The molecule has 132 valence electrons. The van der Waals surface area contributed by atoms with E-state index in [2.05, 4.69) is 29.0 Å². The number of benzene rings is 1. The minimum Gasteiger partial charge on any atom is -0.399 e. The summed E-state index contributed by atoms with van der Waals surface area (Å²) in [5.41, 5.74) is 7.79. The molecule has 0 fully saturated rings. The van der Waals surface area contributed by atoms with Crippen molar-refractivity contribution in [2.45, 2.75) is 20.4 Å². The maximum absolute atomic E-state index is 12.0. The number of carbonyl (C=O) groups excluding carboxylic acids is 1. The summed E-state index contributed by atoms with van der Waals surface area (Å²) in [6.45, 7) is 6.50. The van der Waals surface area contributed by atoms with Gasteiger partial charge in [-0.2, -0.15) is 0 Å². The van der Waals surface area contributed by atoms with E-state index >= 15 is 0 Å². The summed E-state index contributed by atoms with van der Waals surface area (Å²) in [4.78, 5) is 18.7. The Kier molecular flexibility index (Phi) is 9.85. The van der Waals surface area contributed by atoms with Crippen molar-refractivity contribution in [2.75, 3.05) is 23.7 Å². The van der Waals surface area contributed by atoms with Crippen molar-refractivity contribution in [1.29, 1.82) is 0 Å². The molecular formula is C17H24Cl2N4O. The second-order valence-electron chi connectivity index (χ2n) is 5.01. The Hall–Kier alpha value is -1.98. The maximum Gasteiger partial charge on any atom is 0.251 e. The lowest BCUT2D eigenvalue weighted by Gasteiger charge is -2.19. The molecule has 0 saturated carbocycles. The molecule has 0 bridgehead atoms. The number of hydrogen-bond acceptors (Lipinski definition) is 4. The SMILES string of the molecule is CCN(CC)c1ccc(CNC(=O)c2cccc(N)c2)cn1.Cl.Cl. The van der Waals surface area contributed by atoms with E-state index in [-0.39, 0.29) is 30.7 Å². The molecule has 0 unspecified atom stereocenters. The van der Waals surface area contributed by atoms with Crippen LogP contribution in [0.3, 0.4) is 0 Å². The highest BCUT2D eigenvalue weighted by Crippen LogP contribution is 2.11. The first-order valence-corrected chi connectivity index (χ1v) is 7.47. The molecule has 1 aromatic heterocycles. The van der Waals surface area contributed by atoms with Crippen LogP contribution in [0.15, 0.2) is 42.6 Å². The average molecular weight is 371 g/mol. The first-order valence-electron chi connectivity index (χ1n) is 7.47. The fourth-order valence-electron chi connectivity index (χ4n) is 2.22. The van der Waals surface area contributed by atoms with Gasteiger partial charge in [0, 0.05) is 37.1 Å². The molecule has 0 aliphatic heterocycles. The quantitative estimate of drug-likeness (QED) is 0.765. The van der Waals surface area contributed by atoms with E-state index in [4.69, 9.17) is 5.73 Å². The number of pyridine rings is 1. The Labute approximate surface area is 155 Å². The van der Waals surface area contributed by atoms with Gasteiger partial charge in [0.1, 0.15) is 5.82 Å². The number of nitrogen functional groups attached to an aromatic ring is 1. The zero-order valence-electron chi connectivity index (χ0n) is 13.9. The summed E-state index contributed by atoms with van der Waals surface area (Å²) in [6.07, 6.45) is 1.80. The molecular weight excluding hydrogens is 347 g/mol. The lowest BCUT2D eigenvalue weighted by Crippen LogP contribution is -2.24. The molecule has 3 N–H and O–H groups in total. The summed E-state index contributed by atoms with van der Waals surface area (Å²) in [7, 11) is 0. The van der Waals surface area contributed by atoms with Gasteiger partial charge >= 0.3 is 0 Å². The van der Waals surface area contributed by atoms with Crippen LogP contribution in [-0.2, 0) is 6.54 Å². The molecule has 0 aliphatic rings. The highest BCUT2D eigenvalue weighted by atomic mass is 35.5. The van der Waals surface area contributed by atoms with Crippen LogP contribution in [0.25, 0.3) is 0 Å². The van der Waals surface area contributed by atoms with Gasteiger partial charge in [-0.15, -0.1) is 24.8 Å². The number of halogens is 2. The minimum absolute atomic E-state index is 0. The van der Waals surface area contributed by atoms with E-state index in [0.717, 1.165) is 24.5 Å². The minimum atomic E-state index is -0.139. The molecule has 0 spiro atoms. The first-order chi connectivity index (χ1) is 10.6. The Morgan fingerprint density at radius 1 is 1.17 bits per heavy atom. The number of rotatable bonds is 6. The first kappa shape index (κ1) is 22.0. The van der Waals surface area contributed by atoms with Crippen molar-refractivity contribution in [2.24, 2.45) is 0 Å². The Balaban J connectivity index is 0.00000264. The summed E-state index contributed by atoms with van der Waals surface area (Å²) in [5, 5.41) is 2.87. The molecule has 5 nitrogen and oxygen atoms in total. The molecule has 7 heteroatoms. The van der Waals surface area contributed by atoms with Crippen LogP contribution in [0.1, 0.15) is 29.8 Å². The van der Waals surface area contributed by atoms with Crippen LogP contribution >= 0.6 is 24.8 Å². The van der Waals surface area contributed by atoms with Crippen LogP contribution in [0.2, 0.25) is 0 Å². The molecule has 1 heterocycles. The van der Waals surface area contributed by atoms with Gasteiger partial charge in [0.15, 0.2) is 0 Å². The third-order valence-electron chi connectivity index (χ3n) is 3.50. The van der Waals surface area contributed by atoms with E-state index in [1.165, 1.54) is 0 Å². The number of aromatic nitrogens is 1. The summed E-state index contributed by atoms with van der Waals surface area (Å²) in [5.74, 6) is 0.816. The van der Waals surface area contributed by atoms with Crippen LogP contribution < -0.4 is 16.0 Å². The Morgan fingerprint density at radius 2 is 1.88 bits per heavy atom. The largest absolute Gasteiger partial charge is 0.399 e. The lowest BCUT2D eigenvalue weighted by molar-refractivity contribution is 0.0951. The molecule has 2 aromatic rings. The van der Waals surface area contributed by atoms with Crippen LogP contribution in [0.4, 0.5) is 11.5 Å². The molecule has 24 heavy (non-hydrogen) atoms.